The number of para-hydroxylation sites is 1. The molecular formula is C21H19ClN2O2. The van der Waals surface area contributed by atoms with E-state index in [4.69, 9.17) is 16.3 Å². The number of aromatic nitrogens is 1. The molecule has 0 radical (unpaired) electrons. The monoisotopic (exact) mass is 366 g/mol. The number of nitrogens with one attached hydrogen (secondary N) is 1. The summed E-state index contributed by atoms with van der Waals surface area (Å²) in [5.41, 5.74) is 2.43. The zero-order valence-corrected chi connectivity index (χ0v) is 14.9. The van der Waals surface area contributed by atoms with Gasteiger partial charge < -0.3 is 10.1 Å². The lowest BCUT2D eigenvalue weighted by molar-refractivity contribution is 0.0953. The molecule has 0 spiro atoms. The summed E-state index contributed by atoms with van der Waals surface area (Å²) < 4.78 is 5.64. The minimum atomic E-state index is -0.137. The Hall–Kier alpha value is -2.85. The number of benzene rings is 2. The second-order valence-electron chi connectivity index (χ2n) is 5.77. The van der Waals surface area contributed by atoms with Gasteiger partial charge in [0.25, 0.3) is 5.91 Å². The average molecular weight is 367 g/mol. The predicted octanol–water partition coefficient (Wildman–Crippen LogP) is 4.29. The summed E-state index contributed by atoms with van der Waals surface area (Å²) >= 11 is 5.86. The van der Waals surface area contributed by atoms with Gasteiger partial charge in [0.15, 0.2) is 0 Å². The molecule has 1 amide bonds. The molecule has 2 aromatic carbocycles. The van der Waals surface area contributed by atoms with Crippen LogP contribution in [-0.4, -0.2) is 17.4 Å². The summed E-state index contributed by atoms with van der Waals surface area (Å²) in [5.74, 6) is 0.653. The Balaban J connectivity index is 1.46. The third-order valence-corrected chi connectivity index (χ3v) is 4.08. The Labute approximate surface area is 157 Å². The molecule has 3 rings (SSSR count). The van der Waals surface area contributed by atoms with E-state index in [1.807, 2.05) is 54.6 Å². The van der Waals surface area contributed by atoms with Gasteiger partial charge in [-0.2, -0.15) is 0 Å². The summed E-state index contributed by atoms with van der Waals surface area (Å²) in [4.78, 5) is 16.5. The number of carbonyl (C=O) groups excluding carboxylic acids is 1. The summed E-state index contributed by atoms with van der Waals surface area (Å²) in [5, 5.41) is 3.60. The molecule has 4 nitrogen and oxygen atoms in total. The van der Waals surface area contributed by atoms with Gasteiger partial charge >= 0.3 is 0 Å². The molecule has 132 valence electrons. The molecule has 0 saturated heterocycles. The maximum Gasteiger partial charge on any atom is 0.252 e. The van der Waals surface area contributed by atoms with Crippen molar-refractivity contribution in [1.82, 2.24) is 10.3 Å². The first kappa shape index (κ1) is 18.0. The number of hydrogen-bond donors (Lipinski definition) is 1. The Bertz CT molecular complexity index is 834. The van der Waals surface area contributed by atoms with E-state index in [0.29, 0.717) is 23.7 Å². The lowest BCUT2D eigenvalue weighted by Gasteiger charge is -2.07. The van der Waals surface area contributed by atoms with Crippen LogP contribution in [0.25, 0.3) is 0 Å². The van der Waals surface area contributed by atoms with E-state index in [-0.39, 0.29) is 5.91 Å². The van der Waals surface area contributed by atoms with E-state index in [9.17, 15) is 4.79 Å². The first-order chi connectivity index (χ1) is 12.7. The Morgan fingerprint density at radius 2 is 1.77 bits per heavy atom. The van der Waals surface area contributed by atoms with Gasteiger partial charge in [-0.1, -0.05) is 41.9 Å². The van der Waals surface area contributed by atoms with E-state index in [1.54, 1.807) is 18.3 Å². The van der Waals surface area contributed by atoms with E-state index in [1.165, 1.54) is 0 Å². The Morgan fingerprint density at radius 3 is 2.46 bits per heavy atom. The molecule has 0 aliphatic rings. The van der Waals surface area contributed by atoms with Crippen molar-refractivity contribution in [3.8, 4) is 5.75 Å². The molecule has 3 aromatic rings. The first-order valence-electron chi connectivity index (χ1n) is 8.36. The van der Waals surface area contributed by atoms with Crippen LogP contribution in [0, 0.1) is 0 Å². The van der Waals surface area contributed by atoms with Crippen molar-refractivity contribution in [3.05, 3.63) is 94.8 Å². The van der Waals surface area contributed by atoms with Crippen LogP contribution in [0.2, 0.25) is 5.02 Å². The van der Waals surface area contributed by atoms with E-state index >= 15 is 0 Å². The van der Waals surface area contributed by atoms with Crippen molar-refractivity contribution in [2.45, 2.75) is 13.0 Å². The first-order valence-corrected chi connectivity index (χ1v) is 8.74. The van der Waals surface area contributed by atoms with Crippen LogP contribution in [0.3, 0.4) is 0 Å². The van der Waals surface area contributed by atoms with Gasteiger partial charge in [-0.15, -0.1) is 0 Å². The second-order valence-corrected chi connectivity index (χ2v) is 6.21. The summed E-state index contributed by atoms with van der Waals surface area (Å²) in [6, 6.07) is 20.7. The standard InChI is InChI=1S/C21H19ClN2O2/c22-18-9-6-16(7-10-18)12-13-23-21(25)17-8-11-19(24-14-17)15-26-20-4-2-1-3-5-20/h1-11,14H,12-13,15H2,(H,23,25). The highest BCUT2D eigenvalue weighted by atomic mass is 35.5. The van der Waals surface area contributed by atoms with E-state index < -0.39 is 0 Å². The normalized spacial score (nSPS) is 10.3. The highest BCUT2D eigenvalue weighted by Gasteiger charge is 2.06. The number of ether oxygens (including phenoxy) is 1. The number of nitrogens with zero attached hydrogens (tertiary/aromatic N) is 1. The van der Waals surface area contributed by atoms with Gasteiger partial charge in [0, 0.05) is 17.8 Å². The zero-order valence-electron chi connectivity index (χ0n) is 14.2. The van der Waals surface area contributed by atoms with Gasteiger partial charge in [-0.3, -0.25) is 9.78 Å². The lowest BCUT2D eigenvalue weighted by atomic mass is 10.1. The number of amides is 1. The van der Waals surface area contributed by atoms with Crippen molar-refractivity contribution in [2.75, 3.05) is 6.54 Å². The van der Waals surface area contributed by atoms with E-state index in [2.05, 4.69) is 10.3 Å². The number of hydrogen-bond acceptors (Lipinski definition) is 3. The predicted molar refractivity (Wildman–Crippen MR) is 103 cm³/mol. The van der Waals surface area contributed by atoms with Crippen LogP contribution in [0.15, 0.2) is 72.9 Å². The fourth-order valence-electron chi connectivity index (χ4n) is 2.39. The summed E-state index contributed by atoms with van der Waals surface area (Å²) in [6.07, 6.45) is 2.32. The van der Waals surface area contributed by atoms with Crippen LogP contribution in [0.5, 0.6) is 5.75 Å². The molecule has 0 atom stereocenters. The number of halogens is 1. The van der Waals surface area contributed by atoms with Crippen LogP contribution in [0.1, 0.15) is 21.6 Å². The Morgan fingerprint density at radius 1 is 1.00 bits per heavy atom. The van der Waals surface area contributed by atoms with Crippen LogP contribution in [-0.2, 0) is 13.0 Å². The molecule has 0 fully saturated rings. The molecule has 1 N–H and O–H groups in total. The van der Waals surface area contributed by atoms with Crippen molar-refractivity contribution in [3.63, 3.8) is 0 Å². The maximum absolute atomic E-state index is 12.2. The van der Waals surface area contributed by atoms with Gasteiger partial charge in [0.1, 0.15) is 12.4 Å². The van der Waals surface area contributed by atoms with Crippen LogP contribution < -0.4 is 10.1 Å². The summed E-state index contributed by atoms with van der Waals surface area (Å²) in [6.45, 7) is 0.918. The molecule has 0 saturated carbocycles. The third kappa shape index (κ3) is 5.33. The molecular weight excluding hydrogens is 348 g/mol. The minimum Gasteiger partial charge on any atom is -0.487 e. The molecule has 0 aliphatic heterocycles. The Kier molecular flexibility index (Phi) is 6.23. The molecule has 1 aromatic heterocycles. The van der Waals surface area contributed by atoms with Crippen molar-refractivity contribution in [2.24, 2.45) is 0 Å². The topological polar surface area (TPSA) is 51.2 Å². The molecule has 26 heavy (non-hydrogen) atoms. The molecule has 0 unspecified atom stereocenters. The van der Waals surface area contributed by atoms with E-state index in [0.717, 1.165) is 23.4 Å². The number of carbonyl (C=O) groups is 1. The smallest absolute Gasteiger partial charge is 0.252 e. The SMILES string of the molecule is O=C(NCCc1ccc(Cl)cc1)c1ccc(COc2ccccc2)nc1. The van der Waals surface area contributed by atoms with Crippen molar-refractivity contribution in [1.29, 1.82) is 0 Å². The zero-order chi connectivity index (χ0) is 18.2. The maximum atomic E-state index is 12.2. The molecule has 0 bridgehead atoms. The molecule has 1 heterocycles. The van der Waals surface area contributed by atoms with Crippen molar-refractivity contribution >= 4 is 17.5 Å². The van der Waals surface area contributed by atoms with Gasteiger partial charge in [0.05, 0.1) is 11.3 Å². The lowest BCUT2D eigenvalue weighted by Crippen LogP contribution is -2.25. The fraction of sp³-hybridized carbons (Fsp3) is 0.143. The summed E-state index contributed by atoms with van der Waals surface area (Å²) in [7, 11) is 0. The van der Waals surface area contributed by atoms with Crippen LogP contribution >= 0.6 is 11.6 Å². The second kappa shape index (κ2) is 9.02. The molecule has 5 heteroatoms. The quantitative estimate of drug-likeness (QED) is 0.678. The molecule has 0 aliphatic carbocycles. The number of pyridine rings is 1. The third-order valence-electron chi connectivity index (χ3n) is 3.83. The highest BCUT2D eigenvalue weighted by Crippen LogP contribution is 2.11. The average Bonchev–Trinajstić information content (AvgIpc) is 2.69. The van der Waals surface area contributed by atoms with Crippen molar-refractivity contribution < 1.29 is 9.53 Å². The number of rotatable bonds is 7. The van der Waals surface area contributed by atoms with Gasteiger partial charge in [-0.25, -0.2) is 0 Å². The minimum absolute atomic E-state index is 0.137. The van der Waals surface area contributed by atoms with Gasteiger partial charge in [0.2, 0.25) is 0 Å². The fourth-order valence-corrected chi connectivity index (χ4v) is 2.52. The highest BCUT2D eigenvalue weighted by molar-refractivity contribution is 6.30. The van der Waals surface area contributed by atoms with Crippen LogP contribution in [0.4, 0.5) is 0 Å². The largest absolute Gasteiger partial charge is 0.487 e. The van der Waals surface area contributed by atoms with Gasteiger partial charge in [-0.05, 0) is 48.4 Å².